The summed E-state index contributed by atoms with van der Waals surface area (Å²) in [5, 5.41) is 20.5. The molecule has 1 rings (SSSR count). The van der Waals surface area contributed by atoms with Crippen molar-refractivity contribution in [2.75, 3.05) is 7.11 Å². The maximum Gasteiger partial charge on any atom is 0.269 e. The highest BCUT2D eigenvalue weighted by Crippen LogP contribution is 2.26. The summed E-state index contributed by atoms with van der Waals surface area (Å²) in [6.45, 7) is 3.88. The lowest BCUT2D eigenvalue weighted by molar-refractivity contribution is -0.384. The molecule has 0 bridgehead atoms. The molecule has 0 amide bonds. The van der Waals surface area contributed by atoms with Crippen molar-refractivity contribution in [3.05, 3.63) is 33.9 Å². The van der Waals surface area contributed by atoms with Gasteiger partial charge in [-0.3, -0.25) is 10.1 Å². The van der Waals surface area contributed by atoms with E-state index < -0.39 is 11.0 Å². The number of nitrogens with zero attached hydrogens (tertiary/aromatic N) is 1. The Kier molecular flexibility index (Phi) is 5.09. The molecule has 0 aliphatic heterocycles. The van der Waals surface area contributed by atoms with Gasteiger partial charge in [0.05, 0.1) is 18.1 Å². The zero-order valence-electron chi connectivity index (χ0n) is 10.9. The van der Waals surface area contributed by atoms with E-state index in [0.29, 0.717) is 18.6 Å². The van der Waals surface area contributed by atoms with Gasteiger partial charge < -0.3 is 9.84 Å². The fraction of sp³-hybridized carbons (Fsp3) is 0.538. The Morgan fingerprint density at radius 2 is 2.11 bits per heavy atom. The number of nitro benzene ring substituents is 1. The third kappa shape index (κ3) is 3.70. The number of nitro groups is 1. The number of aliphatic hydroxyl groups excluding tert-OH is 1. The number of rotatable bonds is 6. The van der Waals surface area contributed by atoms with Gasteiger partial charge in [-0.1, -0.05) is 13.8 Å². The average Bonchev–Trinajstić information content (AvgIpc) is 2.35. The molecule has 1 N–H and O–H groups in total. The van der Waals surface area contributed by atoms with Crippen molar-refractivity contribution in [2.45, 2.75) is 32.8 Å². The van der Waals surface area contributed by atoms with Crippen LogP contribution in [0.4, 0.5) is 5.69 Å². The van der Waals surface area contributed by atoms with E-state index in [-0.39, 0.29) is 11.6 Å². The van der Waals surface area contributed by atoms with Gasteiger partial charge in [0.15, 0.2) is 0 Å². The summed E-state index contributed by atoms with van der Waals surface area (Å²) in [5.41, 5.74) is 0.802. The minimum Gasteiger partial charge on any atom is -0.496 e. The summed E-state index contributed by atoms with van der Waals surface area (Å²) in [6, 6.07) is 4.52. The molecule has 1 aromatic rings. The second kappa shape index (κ2) is 6.35. The first kappa shape index (κ1) is 14.4. The molecule has 1 unspecified atom stereocenters. The van der Waals surface area contributed by atoms with Gasteiger partial charge in [0, 0.05) is 17.7 Å². The summed E-state index contributed by atoms with van der Waals surface area (Å²) < 4.78 is 5.17. The highest BCUT2D eigenvalue weighted by Gasteiger charge is 2.14. The quantitative estimate of drug-likeness (QED) is 0.624. The standard InChI is InChI=1S/C13H19NO4/c1-9(2)12(15)6-4-10-8-11(14(16)17)5-7-13(10)18-3/h5,7-9,12,15H,4,6H2,1-3H3. The second-order valence-corrected chi connectivity index (χ2v) is 4.60. The van der Waals surface area contributed by atoms with Crippen LogP contribution in [0.5, 0.6) is 5.75 Å². The number of aryl methyl sites for hydroxylation is 1. The predicted molar refractivity (Wildman–Crippen MR) is 68.8 cm³/mol. The number of benzene rings is 1. The zero-order valence-corrected chi connectivity index (χ0v) is 10.9. The SMILES string of the molecule is COc1ccc([N+](=O)[O-])cc1CCC(O)C(C)C. The van der Waals surface area contributed by atoms with E-state index in [1.165, 1.54) is 19.2 Å². The fourth-order valence-electron chi connectivity index (χ4n) is 1.71. The van der Waals surface area contributed by atoms with Crippen LogP contribution >= 0.6 is 0 Å². The Morgan fingerprint density at radius 1 is 1.44 bits per heavy atom. The molecule has 0 spiro atoms. The van der Waals surface area contributed by atoms with Gasteiger partial charge in [0.1, 0.15) is 5.75 Å². The fourth-order valence-corrected chi connectivity index (χ4v) is 1.71. The third-order valence-corrected chi connectivity index (χ3v) is 2.95. The van der Waals surface area contributed by atoms with Crippen LogP contribution in [0.25, 0.3) is 0 Å². The van der Waals surface area contributed by atoms with Gasteiger partial charge in [0.25, 0.3) is 5.69 Å². The van der Waals surface area contributed by atoms with Gasteiger partial charge in [-0.2, -0.15) is 0 Å². The number of non-ortho nitro benzene ring substituents is 1. The smallest absolute Gasteiger partial charge is 0.269 e. The lowest BCUT2D eigenvalue weighted by Crippen LogP contribution is -2.15. The Morgan fingerprint density at radius 3 is 2.61 bits per heavy atom. The van der Waals surface area contributed by atoms with Crippen molar-refractivity contribution >= 4 is 5.69 Å². The van der Waals surface area contributed by atoms with E-state index in [1.54, 1.807) is 6.07 Å². The largest absolute Gasteiger partial charge is 0.496 e. The van der Waals surface area contributed by atoms with Gasteiger partial charge >= 0.3 is 0 Å². The summed E-state index contributed by atoms with van der Waals surface area (Å²) in [4.78, 5) is 10.3. The molecule has 5 heteroatoms. The minimum absolute atomic E-state index is 0.0461. The number of aliphatic hydroxyl groups is 1. The Labute approximate surface area is 107 Å². The van der Waals surface area contributed by atoms with E-state index in [4.69, 9.17) is 4.74 Å². The van der Waals surface area contributed by atoms with Crippen LogP contribution in [-0.2, 0) is 6.42 Å². The van der Waals surface area contributed by atoms with Crippen molar-refractivity contribution in [3.8, 4) is 5.75 Å². The van der Waals surface area contributed by atoms with Crippen LogP contribution in [0, 0.1) is 16.0 Å². The topological polar surface area (TPSA) is 72.6 Å². The van der Waals surface area contributed by atoms with Crippen molar-refractivity contribution < 1.29 is 14.8 Å². The molecule has 18 heavy (non-hydrogen) atoms. The molecule has 0 fully saturated rings. The summed E-state index contributed by atoms with van der Waals surface area (Å²) >= 11 is 0. The normalized spacial score (nSPS) is 12.5. The summed E-state index contributed by atoms with van der Waals surface area (Å²) in [5.74, 6) is 0.797. The van der Waals surface area contributed by atoms with Crippen molar-refractivity contribution in [1.29, 1.82) is 0 Å². The summed E-state index contributed by atoms with van der Waals surface area (Å²) in [6.07, 6.45) is 0.716. The van der Waals surface area contributed by atoms with E-state index in [1.807, 2.05) is 13.8 Å². The number of hydrogen-bond acceptors (Lipinski definition) is 4. The molecule has 0 saturated carbocycles. The Bertz CT molecular complexity index is 417. The van der Waals surface area contributed by atoms with E-state index >= 15 is 0 Å². The van der Waals surface area contributed by atoms with E-state index in [9.17, 15) is 15.2 Å². The van der Waals surface area contributed by atoms with Crippen molar-refractivity contribution in [1.82, 2.24) is 0 Å². The van der Waals surface area contributed by atoms with Gasteiger partial charge in [-0.05, 0) is 24.8 Å². The molecule has 0 aliphatic carbocycles. The summed E-state index contributed by atoms with van der Waals surface area (Å²) in [7, 11) is 1.53. The van der Waals surface area contributed by atoms with Gasteiger partial charge in [0.2, 0.25) is 0 Å². The lowest BCUT2D eigenvalue weighted by Gasteiger charge is -2.15. The Hall–Kier alpha value is -1.62. The molecule has 0 heterocycles. The molecule has 5 nitrogen and oxygen atoms in total. The first-order chi connectivity index (χ1) is 8.45. The molecular weight excluding hydrogens is 234 g/mol. The maximum absolute atomic E-state index is 10.7. The number of methoxy groups -OCH3 is 1. The van der Waals surface area contributed by atoms with Crippen molar-refractivity contribution in [2.24, 2.45) is 5.92 Å². The van der Waals surface area contributed by atoms with Crippen LogP contribution in [0.1, 0.15) is 25.8 Å². The molecule has 0 aliphatic rings. The first-order valence-electron chi connectivity index (χ1n) is 5.95. The van der Waals surface area contributed by atoms with Crippen molar-refractivity contribution in [3.63, 3.8) is 0 Å². The number of hydrogen-bond donors (Lipinski definition) is 1. The third-order valence-electron chi connectivity index (χ3n) is 2.95. The maximum atomic E-state index is 10.7. The van der Waals surface area contributed by atoms with Crippen LogP contribution in [0.3, 0.4) is 0 Å². The lowest BCUT2D eigenvalue weighted by atomic mass is 9.99. The van der Waals surface area contributed by atoms with E-state index in [0.717, 1.165) is 5.56 Å². The first-order valence-corrected chi connectivity index (χ1v) is 5.95. The van der Waals surface area contributed by atoms with Crippen LogP contribution in [0.2, 0.25) is 0 Å². The highest BCUT2D eigenvalue weighted by molar-refractivity contribution is 5.43. The minimum atomic E-state index is -0.429. The van der Waals surface area contributed by atoms with Crippen LogP contribution in [-0.4, -0.2) is 23.2 Å². The molecule has 0 saturated heterocycles. The molecular formula is C13H19NO4. The highest BCUT2D eigenvalue weighted by atomic mass is 16.6. The second-order valence-electron chi connectivity index (χ2n) is 4.60. The Balaban J connectivity index is 2.84. The zero-order chi connectivity index (χ0) is 13.7. The molecule has 0 radical (unpaired) electrons. The van der Waals surface area contributed by atoms with Crippen LogP contribution < -0.4 is 4.74 Å². The van der Waals surface area contributed by atoms with Gasteiger partial charge in [-0.15, -0.1) is 0 Å². The molecule has 1 aromatic carbocycles. The van der Waals surface area contributed by atoms with Gasteiger partial charge in [-0.25, -0.2) is 0 Å². The predicted octanol–water partition coefficient (Wildman–Crippen LogP) is 2.55. The average molecular weight is 253 g/mol. The molecule has 0 aromatic heterocycles. The number of ether oxygens (including phenoxy) is 1. The monoisotopic (exact) mass is 253 g/mol. The van der Waals surface area contributed by atoms with Crippen LogP contribution in [0.15, 0.2) is 18.2 Å². The van der Waals surface area contributed by atoms with E-state index in [2.05, 4.69) is 0 Å². The molecule has 1 atom stereocenters. The molecule has 100 valence electrons.